The van der Waals surface area contributed by atoms with Gasteiger partial charge in [0, 0.05) is 12.7 Å². The summed E-state index contributed by atoms with van der Waals surface area (Å²) in [4.78, 5) is 11.8. The zero-order valence-electron chi connectivity index (χ0n) is 11.8. The van der Waals surface area contributed by atoms with Crippen LogP contribution in [0.3, 0.4) is 0 Å². The third kappa shape index (κ3) is 4.95. The summed E-state index contributed by atoms with van der Waals surface area (Å²) in [5.41, 5.74) is -0.589. The van der Waals surface area contributed by atoms with Gasteiger partial charge in [-0.1, -0.05) is 6.92 Å². The summed E-state index contributed by atoms with van der Waals surface area (Å²) >= 11 is 3.37. The van der Waals surface area contributed by atoms with Gasteiger partial charge in [-0.3, -0.25) is 9.48 Å². The number of aromatic nitrogens is 2. The molecule has 0 aliphatic rings. The molecule has 1 heterocycles. The highest BCUT2D eigenvalue weighted by molar-refractivity contribution is 9.10. The number of methoxy groups -OCH3 is 1. The van der Waals surface area contributed by atoms with Crippen molar-refractivity contribution in [2.24, 2.45) is 0 Å². The Balaban J connectivity index is 2.38. The summed E-state index contributed by atoms with van der Waals surface area (Å²) in [6, 6.07) is 0. The lowest BCUT2D eigenvalue weighted by Gasteiger charge is -2.27. The van der Waals surface area contributed by atoms with Crippen LogP contribution in [0, 0.1) is 0 Å². The van der Waals surface area contributed by atoms with Crippen molar-refractivity contribution in [3.8, 4) is 0 Å². The highest BCUT2D eigenvalue weighted by Crippen LogP contribution is 2.16. The van der Waals surface area contributed by atoms with Crippen molar-refractivity contribution in [3.63, 3.8) is 0 Å². The SMILES string of the molecule is CCNC(C)(CCCCn1cc(Br)cn1)C(=O)OC. The summed E-state index contributed by atoms with van der Waals surface area (Å²) in [5, 5.41) is 7.41. The number of rotatable bonds is 8. The first-order chi connectivity index (χ1) is 9.01. The van der Waals surface area contributed by atoms with Crippen molar-refractivity contribution in [1.29, 1.82) is 0 Å². The molecule has 0 aliphatic carbocycles. The molecule has 1 rings (SSSR count). The second-order valence-corrected chi connectivity index (χ2v) is 5.65. The minimum Gasteiger partial charge on any atom is -0.468 e. The van der Waals surface area contributed by atoms with Crippen LogP contribution in [0.4, 0.5) is 0 Å². The molecule has 108 valence electrons. The van der Waals surface area contributed by atoms with Gasteiger partial charge in [0.1, 0.15) is 5.54 Å². The minimum atomic E-state index is -0.589. The molecule has 1 N–H and O–H groups in total. The Morgan fingerprint density at radius 3 is 2.84 bits per heavy atom. The number of unbranched alkanes of at least 4 members (excludes halogenated alkanes) is 1. The van der Waals surface area contributed by atoms with E-state index in [1.54, 1.807) is 6.20 Å². The minimum absolute atomic E-state index is 0.198. The molecule has 0 saturated carbocycles. The number of aryl methyl sites for hydroxylation is 1. The van der Waals surface area contributed by atoms with Crippen LogP contribution < -0.4 is 5.32 Å². The number of likely N-dealkylation sites (N-methyl/N-ethyl adjacent to an activating group) is 1. The van der Waals surface area contributed by atoms with Crippen LogP contribution in [0.15, 0.2) is 16.9 Å². The molecule has 1 aromatic heterocycles. The largest absolute Gasteiger partial charge is 0.468 e. The van der Waals surface area contributed by atoms with Crippen molar-refractivity contribution in [2.45, 2.75) is 45.2 Å². The molecule has 1 atom stereocenters. The molecule has 0 spiro atoms. The van der Waals surface area contributed by atoms with E-state index in [-0.39, 0.29) is 5.97 Å². The Morgan fingerprint density at radius 1 is 1.58 bits per heavy atom. The predicted octanol–water partition coefficient (Wildman–Crippen LogP) is 2.36. The van der Waals surface area contributed by atoms with Crippen LogP contribution in [0.2, 0.25) is 0 Å². The number of nitrogens with zero attached hydrogens (tertiary/aromatic N) is 2. The molecular weight excluding hydrogens is 310 g/mol. The van der Waals surface area contributed by atoms with Crippen molar-refractivity contribution in [3.05, 3.63) is 16.9 Å². The van der Waals surface area contributed by atoms with E-state index < -0.39 is 5.54 Å². The third-order valence-electron chi connectivity index (χ3n) is 3.12. The Bertz CT molecular complexity index is 408. The van der Waals surface area contributed by atoms with Gasteiger partial charge < -0.3 is 10.1 Å². The number of carbonyl (C=O) groups is 1. The van der Waals surface area contributed by atoms with E-state index in [9.17, 15) is 4.79 Å². The first kappa shape index (κ1) is 16.2. The molecule has 6 heteroatoms. The number of halogens is 1. The van der Waals surface area contributed by atoms with Gasteiger partial charge in [-0.2, -0.15) is 5.10 Å². The van der Waals surface area contributed by atoms with Crippen LogP contribution in [0.5, 0.6) is 0 Å². The summed E-state index contributed by atoms with van der Waals surface area (Å²) < 4.78 is 7.74. The van der Waals surface area contributed by atoms with E-state index in [1.807, 2.05) is 24.7 Å². The topological polar surface area (TPSA) is 56.2 Å². The van der Waals surface area contributed by atoms with Gasteiger partial charge in [-0.05, 0) is 48.7 Å². The van der Waals surface area contributed by atoms with Crippen LogP contribution in [0.25, 0.3) is 0 Å². The fourth-order valence-corrected chi connectivity index (χ4v) is 2.42. The molecule has 0 amide bonds. The van der Waals surface area contributed by atoms with Crippen LogP contribution in [0.1, 0.15) is 33.1 Å². The van der Waals surface area contributed by atoms with Crippen molar-refractivity contribution in [2.75, 3.05) is 13.7 Å². The van der Waals surface area contributed by atoms with Crippen LogP contribution in [-0.2, 0) is 16.1 Å². The monoisotopic (exact) mass is 331 g/mol. The smallest absolute Gasteiger partial charge is 0.325 e. The molecule has 19 heavy (non-hydrogen) atoms. The molecular formula is C13H22BrN3O2. The van der Waals surface area contributed by atoms with Crippen LogP contribution >= 0.6 is 15.9 Å². The van der Waals surface area contributed by atoms with Crippen molar-refractivity contribution >= 4 is 21.9 Å². The Kier molecular flexibility index (Phi) is 6.51. The number of hydrogen-bond donors (Lipinski definition) is 1. The Labute approximate surface area is 122 Å². The molecule has 0 aromatic carbocycles. The molecule has 1 aromatic rings. The molecule has 0 bridgehead atoms. The van der Waals surface area contributed by atoms with E-state index in [0.717, 1.165) is 36.8 Å². The molecule has 0 aliphatic heterocycles. The zero-order valence-corrected chi connectivity index (χ0v) is 13.4. The standard InChI is InChI=1S/C13H22BrN3O2/c1-4-15-13(2,12(18)19-3)7-5-6-8-17-10-11(14)9-16-17/h9-10,15H,4-8H2,1-3H3. The van der Waals surface area contributed by atoms with E-state index in [2.05, 4.69) is 26.3 Å². The lowest BCUT2D eigenvalue weighted by molar-refractivity contribution is -0.148. The van der Waals surface area contributed by atoms with Gasteiger partial charge in [0.05, 0.1) is 17.8 Å². The maximum Gasteiger partial charge on any atom is 0.325 e. The van der Waals surface area contributed by atoms with E-state index in [0.29, 0.717) is 0 Å². The normalized spacial score (nSPS) is 14.1. The van der Waals surface area contributed by atoms with Crippen LogP contribution in [-0.4, -0.2) is 34.9 Å². The van der Waals surface area contributed by atoms with Gasteiger partial charge >= 0.3 is 5.97 Å². The summed E-state index contributed by atoms with van der Waals surface area (Å²) in [7, 11) is 1.43. The second kappa shape index (κ2) is 7.65. The van der Waals surface area contributed by atoms with Gasteiger partial charge in [-0.25, -0.2) is 0 Å². The summed E-state index contributed by atoms with van der Waals surface area (Å²) in [5.74, 6) is -0.198. The third-order valence-corrected chi connectivity index (χ3v) is 3.53. The molecule has 0 radical (unpaired) electrons. The van der Waals surface area contributed by atoms with E-state index in [4.69, 9.17) is 4.74 Å². The average Bonchev–Trinajstić information content (AvgIpc) is 2.80. The number of ether oxygens (including phenoxy) is 1. The Morgan fingerprint density at radius 2 is 2.32 bits per heavy atom. The quantitative estimate of drug-likeness (QED) is 0.586. The van der Waals surface area contributed by atoms with Gasteiger partial charge in [-0.15, -0.1) is 0 Å². The van der Waals surface area contributed by atoms with Gasteiger partial charge in [0.25, 0.3) is 0 Å². The number of nitrogens with one attached hydrogen (secondary N) is 1. The summed E-state index contributed by atoms with van der Waals surface area (Å²) in [6.07, 6.45) is 6.40. The highest BCUT2D eigenvalue weighted by atomic mass is 79.9. The molecule has 5 nitrogen and oxygen atoms in total. The van der Waals surface area contributed by atoms with Gasteiger partial charge in [0.2, 0.25) is 0 Å². The summed E-state index contributed by atoms with van der Waals surface area (Å²) in [6.45, 7) is 5.49. The first-order valence-corrected chi connectivity index (χ1v) is 7.32. The number of hydrogen-bond acceptors (Lipinski definition) is 4. The molecule has 0 saturated heterocycles. The number of carbonyl (C=O) groups excluding carboxylic acids is 1. The maximum absolute atomic E-state index is 11.8. The predicted molar refractivity (Wildman–Crippen MR) is 77.9 cm³/mol. The van der Waals surface area contributed by atoms with Gasteiger partial charge in [0.15, 0.2) is 0 Å². The van der Waals surface area contributed by atoms with Crippen molar-refractivity contribution in [1.82, 2.24) is 15.1 Å². The van der Waals surface area contributed by atoms with Crippen molar-refractivity contribution < 1.29 is 9.53 Å². The fraction of sp³-hybridized carbons (Fsp3) is 0.692. The number of esters is 1. The Hall–Kier alpha value is -0.880. The lowest BCUT2D eigenvalue weighted by Crippen LogP contribution is -2.50. The van der Waals surface area contributed by atoms with E-state index in [1.165, 1.54) is 7.11 Å². The first-order valence-electron chi connectivity index (χ1n) is 6.53. The molecule has 1 unspecified atom stereocenters. The van der Waals surface area contributed by atoms with E-state index >= 15 is 0 Å². The maximum atomic E-state index is 11.8. The average molecular weight is 332 g/mol. The highest BCUT2D eigenvalue weighted by Gasteiger charge is 2.32. The molecule has 0 fully saturated rings. The second-order valence-electron chi connectivity index (χ2n) is 4.73. The lowest BCUT2D eigenvalue weighted by atomic mass is 9.95. The fourth-order valence-electron chi connectivity index (χ4n) is 2.09. The zero-order chi connectivity index (χ0) is 14.3.